The van der Waals surface area contributed by atoms with E-state index in [1.807, 2.05) is 37.3 Å². The highest BCUT2D eigenvalue weighted by molar-refractivity contribution is 7.89. The number of ether oxygens (including phenoxy) is 1. The number of nitrogens with one attached hydrogen (secondary N) is 1. The number of rotatable bonds is 9. The van der Waals surface area contributed by atoms with Gasteiger partial charge in [-0.25, -0.2) is 13.2 Å². The minimum Gasteiger partial charge on any atom is -0.452 e. The second kappa shape index (κ2) is 10.4. The molecule has 0 saturated heterocycles. The van der Waals surface area contributed by atoms with E-state index in [0.29, 0.717) is 18.7 Å². The first-order chi connectivity index (χ1) is 14.2. The van der Waals surface area contributed by atoms with Gasteiger partial charge in [0.05, 0.1) is 16.5 Å². The highest BCUT2D eigenvalue weighted by Gasteiger charge is 2.25. The van der Waals surface area contributed by atoms with E-state index in [0.717, 1.165) is 5.56 Å². The van der Waals surface area contributed by atoms with E-state index in [2.05, 4.69) is 5.32 Å². The summed E-state index contributed by atoms with van der Waals surface area (Å²) < 4.78 is 32.1. The van der Waals surface area contributed by atoms with Gasteiger partial charge in [-0.15, -0.1) is 0 Å². The number of esters is 1. The van der Waals surface area contributed by atoms with E-state index in [-0.39, 0.29) is 16.5 Å². The second-order valence-corrected chi connectivity index (χ2v) is 8.75. The normalized spacial score (nSPS) is 12.4. The van der Waals surface area contributed by atoms with Gasteiger partial charge in [0.2, 0.25) is 10.0 Å². The van der Waals surface area contributed by atoms with Gasteiger partial charge in [-0.3, -0.25) is 4.79 Å². The molecule has 7 nitrogen and oxygen atoms in total. The highest BCUT2D eigenvalue weighted by atomic mass is 32.2. The van der Waals surface area contributed by atoms with E-state index < -0.39 is 28.5 Å². The molecule has 0 aromatic heterocycles. The summed E-state index contributed by atoms with van der Waals surface area (Å²) in [6, 6.07) is 13.5. The molecule has 30 heavy (non-hydrogen) atoms. The van der Waals surface area contributed by atoms with E-state index >= 15 is 0 Å². The van der Waals surface area contributed by atoms with Crippen LogP contribution in [-0.2, 0) is 19.6 Å². The Morgan fingerprint density at radius 2 is 1.70 bits per heavy atom. The minimum absolute atomic E-state index is 0.0581. The third-order valence-electron chi connectivity index (χ3n) is 4.76. The molecule has 2 aromatic carbocycles. The number of nitrogens with zero attached hydrogens (tertiary/aromatic N) is 1. The van der Waals surface area contributed by atoms with Gasteiger partial charge < -0.3 is 10.1 Å². The molecule has 1 atom stereocenters. The zero-order chi connectivity index (χ0) is 22.3. The topological polar surface area (TPSA) is 92.8 Å². The van der Waals surface area contributed by atoms with Crippen LogP contribution in [0.4, 0.5) is 0 Å². The molecule has 0 saturated carbocycles. The van der Waals surface area contributed by atoms with Crippen LogP contribution in [0.1, 0.15) is 48.3 Å². The van der Waals surface area contributed by atoms with Crippen molar-refractivity contribution in [3.63, 3.8) is 0 Å². The van der Waals surface area contributed by atoms with Gasteiger partial charge in [0.15, 0.2) is 6.61 Å². The largest absolute Gasteiger partial charge is 0.452 e. The molecule has 1 amide bonds. The van der Waals surface area contributed by atoms with Crippen LogP contribution in [0, 0.1) is 6.92 Å². The minimum atomic E-state index is -3.72. The Morgan fingerprint density at radius 3 is 2.30 bits per heavy atom. The molecule has 2 aromatic rings. The van der Waals surface area contributed by atoms with Crippen molar-refractivity contribution in [2.24, 2.45) is 0 Å². The van der Waals surface area contributed by atoms with E-state index in [1.165, 1.54) is 16.4 Å². The average Bonchev–Trinajstić information content (AvgIpc) is 2.73. The van der Waals surface area contributed by atoms with Gasteiger partial charge in [-0.1, -0.05) is 50.2 Å². The summed E-state index contributed by atoms with van der Waals surface area (Å²) in [6.45, 7) is 7.21. The fraction of sp³-hybridized carbons (Fsp3) is 0.364. The molecule has 0 aliphatic heterocycles. The SMILES string of the molecule is CCN(CC)S(=O)(=O)c1cc(C(=O)OCC(=O)N[C@@H](C)c2ccccc2)ccc1C. The Morgan fingerprint density at radius 1 is 1.07 bits per heavy atom. The number of benzene rings is 2. The van der Waals surface area contributed by atoms with Crippen molar-refractivity contribution in [1.82, 2.24) is 9.62 Å². The molecule has 0 bridgehead atoms. The Hall–Kier alpha value is -2.71. The Kier molecular flexibility index (Phi) is 8.14. The predicted octanol–water partition coefficient (Wildman–Crippen LogP) is 3.06. The first-order valence-electron chi connectivity index (χ1n) is 9.82. The first kappa shape index (κ1) is 23.6. The lowest BCUT2D eigenvalue weighted by atomic mass is 10.1. The third-order valence-corrected chi connectivity index (χ3v) is 6.95. The van der Waals surface area contributed by atoms with E-state index in [1.54, 1.807) is 26.8 Å². The van der Waals surface area contributed by atoms with E-state index in [9.17, 15) is 18.0 Å². The predicted molar refractivity (Wildman–Crippen MR) is 115 cm³/mol. The molecule has 0 aliphatic rings. The molecule has 1 N–H and O–H groups in total. The maximum atomic E-state index is 12.8. The van der Waals surface area contributed by atoms with Gasteiger partial charge in [0.1, 0.15) is 0 Å². The van der Waals surface area contributed by atoms with Crippen molar-refractivity contribution in [1.29, 1.82) is 0 Å². The van der Waals surface area contributed by atoms with Crippen LogP contribution in [0.2, 0.25) is 0 Å². The maximum Gasteiger partial charge on any atom is 0.338 e. The van der Waals surface area contributed by atoms with E-state index in [4.69, 9.17) is 4.74 Å². The summed E-state index contributed by atoms with van der Waals surface area (Å²) in [6.07, 6.45) is 0. The molecule has 0 fully saturated rings. The number of sulfonamides is 1. The Labute approximate surface area is 178 Å². The number of amides is 1. The lowest BCUT2D eigenvalue weighted by Gasteiger charge is -2.20. The van der Waals surface area contributed by atoms with Crippen LogP contribution in [0.25, 0.3) is 0 Å². The molecular weight excluding hydrogens is 404 g/mol. The van der Waals surface area contributed by atoms with Crippen molar-refractivity contribution < 1.29 is 22.7 Å². The summed E-state index contributed by atoms with van der Waals surface area (Å²) >= 11 is 0. The van der Waals surface area contributed by atoms with Crippen LogP contribution in [-0.4, -0.2) is 44.3 Å². The van der Waals surface area contributed by atoms with Crippen LogP contribution >= 0.6 is 0 Å². The standard InChI is InChI=1S/C22H28N2O5S/c1-5-24(6-2)30(27,28)20-14-19(13-12-16(20)3)22(26)29-15-21(25)23-17(4)18-10-8-7-9-11-18/h7-14,17H,5-6,15H2,1-4H3,(H,23,25)/t17-/m0/s1. The lowest BCUT2D eigenvalue weighted by Crippen LogP contribution is -2.32. The fourth-order valence-corrected chi connectivity index (χ4v) is 4.74. The highest BCUT2D eigenvalue weighted by Crippen LogP contribution is 2.22. The third kappa shape index (κ3) is 5.67. The molecule has 0 spiro atoms. The maximum absolute atomic E-state index is 12.8. The molecular formula is C22H28N2O5S. The van der Waals surface area contributed by atoms with Gasteiger partial charge >= 0.3 is 5.97 Å². The van der Waals surface area contributed by atoms with Crippen LogP contribution in [0.3, 0.4) is 0 Å². The molecule has 0 heterocycles. The number of hydrogen-bond donors (Lipinski definition) is 1. The van der Waals surface area contributed by atoms with Gasteiger partial charge in [-0.05, 0) is 37.1 Å². The second-order valence-electron chi connectivity index (χ2n) is 6.85. The smallest absolute Gasteiger partial charge is 0.338 e. The molecule has 0 unspecified atom stereocenters. The van der Waals surface area contributed by atoms with Crippen LogP contribution in [0.5, 0.6) is 0 Å². The fourth-order valence-electron chi connectivity index (χ4n) is 3.03. The van der Waals surface area contributed by atoms with Gasteiger partial charge in [0.25, 0.3) is 5.91 Å². The van der Waals surface area contributed by atoms with Crippen molar-refractivity contribution in [3.8, 4) is 0 Å². The Balaban J connectivity index is 2.06. The van der Waals surface area contributed by atoms with Crippen molar-refractivity contribution in [2.45, 2.75) is 38.6 Å². The monoisotopic (exact) mass is 432 g/mol. The molecule has 2 rings (SSSR count). The van der Waals surface area contributed by atoms with Crippen molar-refractivity contribution in [2.75, 3.05) is 19.7 Å². The van der Waals surface area contributed by atoms with Gasteiger partial charge in [-0.2, -0.15) is 4.31 Å². The summed E-state index contributed by atoms with van der Waals surface area (Å²) in [5, 5.41) is 2.76. The van der Waals surface area contributed by atoms with Crippen molar-refractivity contribution >= 4 is 21.9 Å². The summed E-state index contributed by atoms with van der Waals surface area (Å²) in [5.74, 6) is -1.20. The first-order valence-corrected chi connectivity index (χ1v) is 11.3. The molecule has 162 valence electrons. The molecule has 8 heteroatoms. The summed E-state index contributed by atoms with van der Waals surface area (Å²) in [7, 11) is -3.72. The number of hydrogen-bond acceptors (Lipinski definition) is 5. The lowest BCUT2D eigenvalue weighted by molar-refractivity contribution is -0.124. The number of aryl methyl sites for hydroxylation is 1. The quantitative estimate of drug-likeness (QED) is 0.615. The number of carbonyl (C=O) groups is 2. The Bertz CT molecular complexity index is 986. The van der Waals surface area contributed by atoms with Crippen LogP contribution in [0.15, 0.2) is 53.4 Å². The summed E-state index contributed by atoms with van der Waals surface area (Å²) in [5.41, 5.74) is 1.55. The average molecular weight is 433 g/mol. The molecule has 0 aliphatic carbocycles. The van der Waals surface area contributed by atoms with Crippen molar-refractivity contribution in [3.05, 3.63) is 65.2 Å². The number of carbonyl (C=O) groups excluding carboxylic acids is 2. The molecule has 0 radical (unpaired) electrons. The van der Waals surface area contributed by atoms with Gasteiger partial charge in [0, 0.05) is 13.1 Å². The zero-order valence-corrected chi connectivity index (χ0v) is 18.5. The summed E-state index contributed by atoms with van der Waals surface area (Å²) in [4.78, 5) is 24.6. The van der Waals surface area contributed by atoms with Crippen LogP contribution < -0.4 is 5.32 Å². The zero-order valence-electron chi connectivity index (χ0n) is 17.7.